The summed E-state index contributed by atoms with van der Waals surface area (Å²) < 4.78 is 5.90. The van der Waals surface area contributed by atoms with Gasteiger partial charge in [-0.15, -0.1) is 12.4 Å². The zero-order valence-corrected chi connectivity index (χ0v) is 13.1. The lowest BCUT2D eigenvalue weighted by atomic mass is 10.2. The van der Waals surface area contributed by atoms with Gasteiger partial charge in [0, 0.05) is 11.1 Å². The third kappa shape index (κ3) is 2.66. The molecule has 0 amide bonds. The molecule has 0 aliphatic heterocycles. The molecular weight excluding hydrogens is 314 g/mol. The lowest BCUT2D eigenvalue weighted by molar-refractivity contribution is 0.475. The maximum absolute atomic E-state index is 9.36. The van der Waals surface area contributed by atoms with Gasteiger partial charge in [0.25, 0.3) is 0 Å². The fourth-order valence-electron chi connectivity index (χ4n) is 2.47. The van der Waals surface area contributed by atoms with Gasteiger partial charge in [0.1, 0.15) is 22.7 Å². The van der Waals surface area contributed by atoms with Crippen LogP contribution in [0, 0.1) is 6.92 Å². The van der Waals surface area contributed by atoms with Gasteiger partial charge in [-0.3, -0.25) is 0 Å². The largest absolute Gasteiger partial charge is 0.508 e. The Balaban J connectivity index is 0.00000156. The summed E-state index contributed by atoms with van der Waals surface area (Å²) in [5, 5.41) is 13.6. The van der Waals surface area contributed by atoms with Gasteiger partial charge in [0.15, 0.2) is 11.4 Å². The van der Waals surface area contributed by atoms with Crippen LogP contribution in [0.4, 0.5) is 11.5 Å². The number of nitrogens with zero attached hydrogens (tertiary/aromatic N) is 2. The van der Waals surface area contributed by atoms with Crippen molar-refractivity contribution in [2.75, 3.05) is 5.32 Å². The molecule has 23 heavy (non-hydrogen) atoms. The minimum atomic E-state index is 0. The van der Waals surface area contributed by atoms with E-state index in [0.29, 0.717) is 17.2 Å². The Kier molecular flexibility index (Phi) is 3.80. The summed E-state index contributed by atoms with van der Waals surface area (Å²) in [6.07, 6.45) is 0. The molecule has 2 heterocycles. The third-order valence-corrected chi connectivity index (χ3v) is 3.46. The number of nitrogens with one attached hydrogen (secondary N) is 1. The number of hydrogen-bond donors (Lipinski definition) is 2. The number of aromatic hydroxyl groups is 1. The van der Waals surface area contributed by atoms with E-state index in [1.54, 1.807) is 24.3 Å². The molecule has 0 spiro atoms. The monoisotopic (exact) mass is 327 g/mol. The first-order valence-corrected chi connectivity index (χ1v) is 6.92. The van der Waals surface area contributed by atoms with E-state index in [1.165, 1.54) is 0 Å². The van der Waals surface area contributed by atoms with Crippen LogP contribution in [0.2, 0.25) is 0 Å². The summed E-state index contributed by atoms with van der Waals surface area (Å²) in [5.41, 5.74) is 3.02. The van der Waals surface area contributed by atoms with E-state index in [2.05, 4.69) is 15.3 Å². The van der Waals surface area contributed by atoms with Crippen molar-refractivity contribution in [1.29, 1.82) is 0 Å². The van der Waals surface area contributed by atoms with Gasteiger partial charge in [-0.05, 0) is 43.3 Å². The molecule has 2 N–H and O–H groups in total. The van der Waals surface area contributed by atoms with Gasteiger partial charge in [0.05, 0.1) is 0 Å². The van der Waals surface area contributed by atoms with Crippen LogP contribution in [0.15, 0.2) is 52.9 Å². The molecule has 0 radical (unpaired) electrons. The summed E-state index contributed by atoms with van der Waals surface area (Å²) in [4.78, 5) is 8.93. The zero-order valence-electron chi connectivity index (χ0n) is 12.3. The summed E-state index contributed by atoms with van der Waals surface area (Å²) >= 11 is 0. The summed E-state index contributed by atoms with van der Waals surface area (Å²) in [6, 6.07) is 14.6. The van der Waals surface area contributed by atoms with Crippen molar-refractivity contribution < 1.29 is 9.52 Å². The number of phenols is 1. The molecule has 0 fully saturated rings. The van der Waals surface area contributed by atoms with Crippen LogP contribution in [0.1, 0.15) is 5.82 Å². The number of aryl methyl sites for hydroxylation is 1. The second-order valence-electron chi connectivity index (χ2n) is 5.07. The van der Waals surface area contributed by atoms with Gasteiger partial charge in [-0.2, -0.15) is 0 Å². The van der Waals surface area contributed by atoms with Crippen LogP contribution >= 0.6 is 12.4 Å². The first-order chi connectivity index (χ1) is 10.7. The van der Waals surface area contributed by atoms with Crippen LogP contribution < -0.4 is 5.32 Å². The minimum absolute atomic E-state index is 0. The highest BCUT2D eigenvalue weighted by atomic mass is 35.5. The summed E-state index contributed by atoms with van der Waals surface area (Å²) in [6.45, 7) is 1.85. The molecule has 0 aliphatic carbocycles. The Labute approximate surface area is 138 Å². The standard InChI is InChI=1S/C17H13N3O2.ClH/c1-10-18-15-13-4-2-3-5-14(13)22-16(15)17(19-10)20-11-6-8-12(21)9-7-11;/h2-9,21H,1H3,(H,18,19,20);1H. The molecule has 0 unspecified atom stereocenters. The van der Waals surface area contributed by atoms with Crippen molar-refractivity contribution in [3.63, 3.8) is 0 Å². The second kappa shape index (κ2) is 5.78. The molecule has 0 aliphatic rings. The number of halogens is 1. The molecule has 2 aromatic carbocycles. The Morgan fingerprint density at radius 2 is 1.74 bits per heavy atom. The first-order valence-electron chi connectivity index (χ1n) is 6.92. The average molecular weight is 328 g/mol. The van der Waals surface area contributed by atoms with Crippen LogP contribution in [-0.4, -0.2) is 15.1 Å². The predicted molar refractivity (Wildman–Crippen MR) is 92.7 cm³/mol. The van der Waals surface area contributed by atoms with Crippen LogP contribution in [-0.2, 0) is 0 Å². The van der Waals surface area contributed by atoms with Crippen molar-refractivity contribution in [2.24, 2.45) is 0 Å². The Hall–Kier alpha value is -2.79. The fraction of sp³-hybridized carbons (Fsp3) is 0.0588. The number of fused-ring (bicyclic) bond motifs is 3. The number of furan rings is 1. The van der Waals surface area contributed by atoms with E-state index in [0.717, 1.165) is 22.2 Å². The van der Waals surface area contributed by atoms with E-state index in [4.69, 9.17) is 4.42 Å². The van der Waals surface area contributed by atoms with Crippen molar-refractivity contribution in [2.45, 2.75) is 6.92 Å². The van der Waals surface area contributed by atoms with Crippen molar-refractivity contribution >= 4 is 46.0 Å². The van der Waals surface area contributed by atoms with E-state index in [9.17, 15) is 5.11 Å². The van der Waals surface area contributed by atoms with Gasteiger partial charge < -0.3 is 14.8 Å². The molecule has 0 atom stereocenters. The highest BCUT2D eigenvalue weighted by Crippen LogP contribution is 2.32. The number of phenolic OH excluding ortho intramolecular Hbond substituents is 1. The Morgan fingerprint density at radius 3 is 2.52 bits per heavy atom. The third-order valence-electron chi connectivity index (χ3n) is 3.46. The number of anilines is 2. The maximum atomic E-state index is 9.36. The van der Waals surface area contributed by atoms with E-state index in [-0.39, 0.29) is 18.2 Å². The number of rotatable bonds is 2. The quantitative estimate of drug-likeness (QED) is 0.528. The number of para-hydroxylation sites is 1. The SMILES string of the molecule is Cc1nc(Nc2ccc(O)cc2)c2oc3ccccc3c2n1.Cl. The second-order valence-corrected chi connectivity index (χ2v) is 5.07. The summed E-state index contributed by atoms with van der Waals surface area (Å²) in [7, 11) is 0. The lowest BCUT2D eigenvalue weighted by Crippen LogP contribution is -1.97. The molecule has 0 saturated heterocycles. The number of aromatic nitrogens is 2. The van der Waals surface area contributed by atoms with Crippen LogP contribution in [0.25, 0.3) is 22.1 Å². The van der Waals surface area contributed by atoms with E-state index in [1.807, 2.05) is 31.2 Å². The van der Waals surface area contributed by atoms with Crippen LogP contribution in [0.5, 0.6) is 5.75 Å². The lowest BCUT2D eigenvalue weighted by Gasteiger charge is -2.06. The first kappa shape index (κ1) is 15.1. The Bertz CT molecular complexity index is 980. The fourth-order valence-corrected chi connectivity index (χ4v) is 2.47. The van der Waals surface area contributed by atoms with Gasteiger partial charge in [-0.25, -0.2) is 9.97 Å². The highest BCUT2D eigenvalue weighted by molar-refractivity contribution is 6.06. The van der Waals surface area contributed by atoms with Crippen molar-refractivity contribution in [3.8, 4) is 5.75 Å². The van der Waals surface area contributed by atoms with Gasteiger partial charge >= 0.3 is 0 Å². The van der Waals surface area contributed by atoms with Crippen molar-refractivity contribution in [3.05, 3.63) is 54.4 Å². The van der Waals surface area contributed by atoms with Gasteiger partial charge in [-0.1, -0.05) is 12.1 Å². The molecular formula is C17H14ClN3O2. The highest BCUT2D eigenvalue weighted by Gasteiger charge is 2.14. The summed E-state index contributed by atoms with van der Waals surface area (Å²) in [5.74, 6) is 1.50. The van der Waals surface area contributed by atoms with Gasteiger partial charge in [0.2, 0.25) is 0 Å². The Morgan fingerprint density at radius 1 is 1.00 bits per heavy atom. The molecule has 0 bridgehead atoms. The average Bonchev–Trinajstić information content (AvgIpc) is 2.89. The van der Waals surface area contributed by atoms with Crippen molar-refractivity contribution in [1.82, 2.24) is 9.97 Å². The minimum Gasteiger partial charge on any atom is -0.508 e. The topological polar surface area (TPSA) is 71.2 Å². The molecule has 4 aromatic rings. The number of hydrogen-bond acceptors (Lipinski definition) is 5. The molecule has 4 rings (SSSR count). The zero-order chi connectivity index (χ0) is 15.1. The van der Waals surface area contributed by atoms with Crippen LogP contribution in [0.3, 0.4) is 0 Å². The molecule has 116 valence electrons. The van der Waals surface area contributed by atoms with E-state index < -0.39 is 0 Å². The normalized spacial score (nSPS) is 10.7. The molecule has 6 heteroatoms. The number of benzene rings is 2. The molecule has 0 saturated carbocycles. The maximum Gasteiger partial charge on any atom is 0.196 e. The molecule has 2 aromatic heterocycles. The van der Waals surface area contributed by atoms with E-state index >= 15 is 0 Å². The predicted octanol–water partition coefficient (Wildman–Crippen LogP) is 4.56. The smallest absolute Gasteiger partial charge is 0.196 e. The molecule has 5 nitrogen and oxygen atoms in total.